The number of carbonyl (C=O) groups is 2. The summed E-state index contributed by atoms with van der Waals surface area (Å²) in [6.45, 7) is 2.70. The molecule has 2 N–H and O–H groups in total. The van der Waals surface area contributed by atoms with E-state index in [0.29, 0.717) is 11.6 Å². The van der Waals surface area contributed by atoms with Gasteiger partial charge in [-0.15, -0.1) is 0 Å². The number of hydrogen-bond donors (Lipinski definition) is 2. The molecule has 1 aliphatic rings. The average molecular weight is 344 g/mol. The summed E-state index contributed by atoms with van der Waals surface area (Å²) in [7, 11) is 1.71. The number of amides is 2. The molecule has 134 valence electrons. The summed E-state index contributed by atoms with van der Waals surface area (Å²) in [5.41, 5.74) is 0.243. The Kier molecular flexibility index (Phi) is 5.16. The van der Waals surface area contributed by atoms with Gasteiger partial charge in [0.1, 0.15) is 5.82 Å². The number of hydrogen-bond acceptors (Lipinski definition) is 4. The standard InChI is InChI=1S/C17H24N6O2/c1-3-23-10-9-14(21-23)18-17(25)13-11-15(22(2)20-13)19-16(24)12-7-5-4-6-8-12/h9-12H,3-8H2,1-2H3,(H,19,24)(H,18,21,25). The maximum atomic E-state index is 12.4. The quantitative estimate of drug-likeness (QED) is 0.871. The highest BCUT2D eigenvalue weighted by molar-refractivity contribution is 6.03. The molecule has 8 heteroatoms. The van der Waals surface area contributed by atoms with E-state index < -0.39 is 0 Å². The molecule has 0 aliphatic heterocycles. The van der Waals surface area contributed by atoms with Crippen molar-refractivity contribution >= 4 is 23.5 Å². The van der Waals surface area contributed by atoms with E-state index in [1.54, 1.807) is 30.1 Å². The Balaban J connectivity index is 1.64. The van der Waals surface area contributed by atoms with E-state index in [1.165, 1.54) is 11.1 Å². The molecule has 0 spiro atoms. The Labute approximate surface area is 146 Å². The molecule has 1 aliphatic carbocycles. The van der Waals surface area contributed by atoms with Crippen molar-refractivity contribution < 1.29 is 9.59 Å². The van der Waals surface area contributed by atoms with Crippen molar-refractivity contribution in [2.75, 3.05) is 10.6 Å². The summed E-state index contributed by atoms with van der Waals surface area (Å²) < 4.78 is 3.24. The fourth-order valence-corrected chi connectivity index (χ4v) is 3.07. The summed E-state index contributed by atoms with van der Waals surface area (Å²) in [4.78, 5) is 24.7. The molecular formula is C17H24N6O2. The lowest BCUT2D eigenvalue weighted by atomic mass is 9.89. The van der Waals surface area contributed by atoms with E-state index in [2.05, 4.69) is 20.8 Å². The van der Waals surface area contributed by atoms with Crippen LogP contribution < -0.4 is 10.6 Å². The van der Waals surface area contributed by atoms with Gasteiger partial charge >= 0.3 is 0 Å². The van der Waals surface area contributed by atoms with Crippen LogP contribution in [0, 0.1) is 5.92 Å². The van der Waals surface area contributed by atoms with Gasteiger partial charge in [-0.3, -0.25) is 19.0 Å². The van der Waals surface area contributed by atoms with E-state index in [1.807, 2.05) is 6.92 Å². The third-order valence-corrected chi connectivity index (χ3v) is 4.55. The van der Waals surface area contributed by atoms with Crippen molar-refractivity contribution in [3.8, 4) is 0 Å². The van der Waals surface area contributed by atoms with Crippen molar-refractivity contribution in [1.29, 1.82) is 0 Å². The first-order valence-corrected chi connectivity index (χ1v) is 8.76. The van der Waals surface area contributed by atoms with Crippen LogP contribution in [0.25, 0.3) is 0 Å². The van der Waals surface area contributed by atoms with Crippen molar-refractivity contribution in [3.63, 3.8) is 0 Å². The number of carbonyl (C=O) groups excluding carboxylic acids is 2. The van der Waals surface area contributed by atoms with E-state index >= 15 is 0 Å². The minimum atomic E-state index is -0.352. The summed E-state index contributed by atoms with van der Waals surface area (Å²) in [6, 6.07) is 3.32. The second kappa shape index (κ2) is 7.50. The van der Waals surface area contributed by atoms with Crippen LogP contribution in [-0.4, -0.2) is 31.4 Å². The molecule has 8 nitrogen and oxygen atoms in total. The van der Waals surface area contributed by atoms with E-state index in [4.69, 9.17) is 0 Å². The zero-order valence-electron chi connectivity index (χ0n) is 14.7. The highest BCUT2D eigenvalue weighted by Gasteiger charge is 2.23. The Morgan fingerprint density at radius 3 is 2.64 bits per heavy atom. The molecule has 2 aromatic rings. The van der Waals surface area contributed by atoms with Gasteiger partial charge in [-0.1, -0.05) is 19.3 Å². The van der Waals surface area contributed by atoms with E-state index in [9.17, 15) is 9.59 Å². The first kappa shape index (κ1) is 17.2. The third-order valence-electron chi connectivity index (χ3n) is 4.55. The second-order valence-electron chi connectivity index (χ2n) is 6.37. The lowest BCUT2D eigenvalue weighted by Crippen LogP contribution is -2.25. The van der Waals surface area contributed by atoms with Gasteiger partial charge < -0.3 is 10.6 Å². The minimum absolute atomic E-state index is 0.0105. The van der Waals surface area contributed by atoms with Crippen molar-refractivity contribution in [3.05, 3.63) is 24.0 Å². The largest absolute Gasteiger partial charge is 0.311 e. The SMILES string of the molecule is CCn1ccc(NC(=O)c2cc(NC(=O)C3CCCCC3)n(C)n2)n1. The average Bonchev–Trinajstić information content (AvgIpc) is 3.22. The van der Waals surface area contributed by atoms with Gasteiger partial charge in [0.25, 0.3) is 5.91 Å². The molecule has 2 amide bonds. The van der Waals surface area contributed by atoms with Gasteiger partial charge in [0.05, 0.1) is 0 Å². The molecule has 0 atom stereocenters. The van der Waals surface area contributed by atoms with Crippen LogP contribution in [0.15, 0.2) is 18.3 Å². The van der Waals surface area contributed by atoms with Crippen molar-refractivity contribution in [2.24, 2.45) is 13.0 Å². The smallest absolute Gasteiger partial charge is 0.277 e. The van der Waals surface area contributed by atoms with Gasteiger partial charge in [-0.2, -0.15) is 10.2 Å². The summed E-state index contributed by atoms with van der Waals surface area (Å²) in [5, 5.41) is 14.0. The molecule has 0 aromatic carbocycles. The van der Waals surface area contributed by atoms with Gasteiger partial charge in [0.2, 0.25) is 5.91 Å². The highest BCUT2D eigenvalue weighted by Crippen LogP contribution is 2.25. The highest BCUT2D eigenvalue weighted by atomic mass is 16.2. The van der Waals surface area contributed by atoms with Gasteiger partial charge in [-0.25, -0.2) is 0 Å². The molecule has 1 fully saturated rings. The van der Waals surface area contributed by atoms with Crippen LogP contribution >= 0.6 is 0 Å². The second-order valence-corrected chi connectivity index (χ2v) is 6.37. The number of nitrogens with one attached hydrogen (secondary N) is 2. The number of aromatic nitrogens is 4. The Bertz CT molecular complexity index is 757. The van der Waals surface area contributed by atoms with Crippen LogP contribution in [0.5, 0.6) is 0 Å². The minimum Gasteiger partial charge on any atom is -0.311 e. The lowest BCUT2D eigenvalue weighted by Gasteiger charge is -2.20. The number of anilines is 2. The lowest BCUT2D eigenvalue weighted by molar-refractivity contribution is -0.120. The van der Waals surface area contributed by atoms with Gasteiger partial charge in [0, 0.05) is 37.8 Å². The number of nitrogens with zero attached hydrogens (tertiary/aromatic N) is 4. The molecule has 2 aromatic heterocycles. The van der Waals surface area contributed by atoms with E-state index in [-0.39, 0.29) is 23.4 Å². The molecule has 0 saturated heterocycles. The van der Waals surface area contributed by atoms with Crippen molar-refractivity contribution in [1.82, 2.24) is 19.6 Å². The maximum absolute atomic E-state index is 12.4. The molecular weight excluding hydrogens is 320 g/mol. The Morgan fingerprint density at radius 1 is 1.20 bits per heavy atom. The molecule has 1 saturated carbocycles. The van der Waals surface area contributed by atoms with Gasteiger partial charge in [-0.05, 0) is 19.8 Å². The molecule has 0 radical (unpaired) electrons. The third kappa shape index (κ3) is 4.07. The summed E-state index contributed by atoms with van der Waals surface area (Å²) in [6.07, 6.45) is 7.05. The monoisotopic (exact) mass is 344 g/mol. The van der Waals surface area contributed by atoms with Gasteiger partial charge in [0.15, 0.2) is 11.5 Å². The molecule has 3 rings (SSSR count). The predicted molar refractivity (Wildman–Crippen MR) is 94.3 cm³/mol. The molecule has 25 heavy (non-hydrogen) atoms. The van der Waals surface area contributed by atoms with Crippen LogP contribution in [0.4, 0.5) is 11.6 Å². The fraction of sp³-hybridized carbons (Fsp3) is 0.529. The van der Waals surface area contributed by atoms with Crippen molar-refractivity contribution in [2.45, 2.75) is 45.6 Å². The first-order chi connectivity index (χ1) is 12.1. The first-order valence-electron chi connectivity index (χ1n) is 8.76. The van der Waals surface area contributed by atoms with Crippen LogP contribution in [0.2, 0.25) is 0 Å². The maximum Gasteiger partial charge on any atom is 0.277 e. The number of aryl methyl sites for hydroxylation is 2. The van der Waals surface area contributed by atoms with Crippen LogP contribution in [0.1, 0.15) is 49.5 Å². The zero-order valence-corrected chi connectivity index (χ0v) is 14.7. The fourth-order valence-electron chi connectivity index (χ4n) is 3.07. The Hall–Kier alpha value is -2.64. The molecule has 0 bridgehead atoms. The van der Waals surface area contributed by atoms with Crippen LogP contribution in [0.3, 0.4) is 0 Å². The molecule has 2 heterocycles. The Morgan fingerprint density at radius 2 is 1.96 bits per heavy atom. The summed E-state index contributed by atoms with van der Waals surface area (Å²) in [5.74, 6) is 0.718. The topological polar surface area (TPSA) is 93.8 Å². The summed E-state index contributed by atoms with van der Waals surface area (Å²) >= 11 is 0. The zero-order chi connectivity index (χ0) is 17.8. The normalized spacial score (nSPS) is 15.1. The molecule has 0 unspecified atom stereocenters. The van der Waals surface area contributed by atoms with Crippen LogP contribution in [-0.2, 0) is 18.4 Å². The predicted octanol–water partition coefficient (Wildman–Crippen LogP) is 2.41. The number of rotatable bonds is 5. The van der Waals surface area contributed by atoms with E-state index in [0.717, 1.165) is 32.2 Å².